The predicted molar refractivity (Wildman–Crippen MR) is 123 cm³/mol. The Hall–Kier alpha value is -1.91. The van der Waals surface area contributed by atoms with Gasteiger partial charge in [0, 0.05) is 32.2 Å². The zero-order chi connectivity index (χ0) is 19.6. The Bertz CT molecular complexity index is 777. The average Bonchev–Trinajstić information content (AvgIpc) is 3.39. The zero-order valence-electron chi connectivity index (χ0n) is 17.0. The molecule has 0 aromatic heterocycles. The Balaban J connectivity index is 1.24. The standard InChI is InChI=1S/C25H31N3S/c29-25(26-23-18-19-11-12-22(23)17-19)28-15-13-27(14-16-28)24(20-7-3-1-4-8-20)21-9-5-2-6-10-21/h1-10,19,22-24H,11-18H2,(H,26,29)/t19-,22+,23+/m0/s1. The minimum absolute atomic E-state index is 0.312. The molecule has 1 N–H and O–H groups in total. The molecule has 152 valence electrons. The minimum Gasteiger partial charge on any atom is -0.360 e. The van der Waals surface area contributed by atoms with Crippen LogP contribution in [-0.4, -0.2) is 47.1 Å². The van der Waals surface area contributed by atoms with Crippen molar-refractivity contribution >= 4 is 17.3 Å². The molecule has 2 aliphatic carbocycles. The fourth-order valence-electron chi connectivity index (χ4n) is 5.74. The number of hydrogen-bond acceptors (Lipinski definition) is 2. The van der Waals surface area contributed by atoms with Gasteiger partial charge in [0.1, 0.15) is 0 Å². The summed E-state index contributed by atoms with van der Waals surface area (Å²) in [6.45, 7) is 4.08. The van der Waals surface area contributed by atoms with Crippen molar-refractivity contribution in [2.24, 2.45) is 11.8 Å². The monoisotopic (exact) mass is 405 g/mol. The highest BCUT2D eigenvalue weighted by atomic mass is 32.1. The molecule has 2 saturated carbocycles. The van der Waals surface area contributed by atoms with Crippen molar-refractivity contribution in [3.05, 3.63) is 71.8 Å². The summed E-state index contributed by atoms with van der Waals surface area (Å²) in [5.74, 6) is 1.81. The second kappa shape index (κ2) is 8.45. The number of fused-ring (bicyclic) bond motifs is 2. The molecule has 3 atom stereocenters. The average molecular weight is 406 g/mol. The molecule has 1 aliphatic heterocycles. The summed E-state index contributed by atoms with van der Waals surface area (Å²) < 4.78 is 0. The number of hydrogen-bond donors (Lipinski definition) is 1. The quantitative estimate of drug-likeness (QED) is 0.757. The van der Waals surface area contributed by atoms with E-state index in [-0.39, 0.29) is 0 Å². The molecule has 4 heteroatoms. The molecule has 2 aromatic carbocycles. The van der Waals surface area contributed by atoms with Crippen LogP contribution < -0.4 is 5.32 Å². The largest absolute Gasteiger partial charge is 0.360 e. The van der Waals surface area contributed by atoms with Gasteiger partial charge in [-0.1, -0.05) is 67.1 Å². The summed E-state index contributed by atoms with van der Waals surface area (Å²) in [4.78, 5) is 5.01. The minimum atomic E-state index is 0.312. The van der Waals surface area contributed by atoms with E-state index in [1.165, 1.54) is 36.8 Å². The van der Waals surface area contributed by atoms with Crippen LogP contribution in [0.2, 0.25) is 0 Å². The molecular formula is C25H31N3S. The van der Waals surface area contributed by atoms with Gasteiger partial charge in [0.2, 0.25) is 0 Å². The van der Waals surface area contributed by atoms with Crippen molar-refractivity contribution in [3.8, 4) is 0 Å². The van der Waals surface area contributed by atoms with Crippen LogP contribution in [0.3, 0.4) is 0 Å². The van der Waals surface area contributed by atoms with E-state index >= 15 is 0 Å². The van der Waals surface area contributed by atoms with Crippen LogP contribution in [0.5, 0.6) is 0 Å². The Morgan fingerprint density at radius 2 is 1.45 bits per heavy atom. The molecule has 0 spiro atoms. The van der Waals surface area contributed by atoms with Crippen molar-refractivity contribution in [3.63, 3.8) is 0 Å². The predicted octanol–water partition coefficient (Wildman–Crippen LogP) is 4.46. The van der Waals surface area contributed by atoms with Crippen LogP contribution >= 0.6 is 12.2 Å². The maximum atomic E-state index is 5.81. The molecule has 3 aliphatic rings. The maximum Gasteiger partial charge on any atom is 0.169 e. The van der Waals surface area contributed by atoms with Gasteiger partial charge >= 0.3 is 0 Å². The Morgan fingerprint density at radius 1 is 0.828 bits per heavy atom. The SMILES string of the molecule is S=C(N[C@@H]1C[C@H]2CC[C@@H]1C2)N1CCN(C(c2ccccc2)c2ccccc2)CC1. The lowest BCUT2D eigenvalue weighted by Gasteiger charge is -2.41. The number of thiocarbonyl (C=S) groups is 1. The molecule has 1 saturated heterocycles. The van der Waals surface area contributed by atoms with Crippen LogP contribution in [0.15, 0.2) is 60.7 Å². The third kappa shape index (κ3) is 4.06. The zero-order valence-corrected chi connectivity index (χ0v) is 17.9. The van der Waals surface area contributed by atoms with E-state index in [1.807, 2.05) is 0 Å². The van der Waals surface area contributed by atoms with E-state index in [9.17, 15) is 0 Å². The summed E-state index contributed by atoms with van der Waals surface area (Å²) in [5, 5.41) is 4.71. The highest BCUT2D eigenvalue weighted by Crippen LogP contribution is 2.44. The normalized spacial score (nSPS) is 26.8. The van der Waals surface area contributed by atoms with Gasteiger partial charge in [0.25, 0.3) is 0 Å². The smallest absolute Gasteiger partial charge is 0.169 e. The molecule has 2 aromatic rings. The van der Waals surface area contributed by atoms with Crippen molar-refractivity contribution in [2.75, 3.05) is 26.2 Å². The number of rotatable bonds is 4. The van der Waals surface area contributed by atoms with Crippen molar-refractivity contribution in [2.45, 2.75) is 37.8 Å². The first kappa shape index (κ1) is 19.1. The van der Waals surface area contributed by atoms with E-state index in [0.29, 0.717) is 12.1 Å². The molecule has 3 fully saturated rings. The van der Waals surface area contributed by atoms with Gasteiger partial charge in [0.15, 0.2) is 5.11 Å². The second-order valence-corrected chi connectivity index (χ2v) is 9.36. The van der Waals surface area contributed by atoms with Crippen LogP contribution in [0.4, 0.5) is 0 Å². The number of nitrogens with zero attached hydrogens (tertiary/aromatic N) is 2. The van der Waals surface area contributed by atoms with Crippen molar-refractivity contribution in [1.82, 2.24) is 15.1 Å². The Labute approximate surface area is 180 Å². The maximum absolute atomic E-state index is 5.81. The van der Waals surface area contributed by atoms with E-state index in [4.69, 9.17) is 12.2 Å². The van der Waals surface area contributed by atoms with E-state index in [0.717, 1.165) is 43.1 Å². The third-order valence-corrected chi connectivity index (χ3v) is 7.62. The van der Waals surface area contributed by atoms with Crippen LogP contribution in [0.25, 0.3) is 0 Å². The van der Waals surface area contributed by atoms with Crippen molar-refractivity contribution < 1.29 is 0 Å². The number of benzene rings is 2. The Kier molecular flexibility index (Phi) is 5.56. The van der Waals surface area contributed by atoms with Gasteiger partial charge in [-0.15, -0.1) is 0 Å². The molecule has 3 nitrogen and oxygen atoms in total. The van der Waals surface area contributed by atoms with Crippen LogP contribution in [0.1, 0.15) is 42.9 Å². The Morgan fingerprint density at radius 3 is 1.97 bits per heavy atom. The number of nitrogens with one attached hydrogen (secondary N) is 1. The second-order valence-electron chi connectivity index (χ2n) is 8.98. The van der Waals surface area contributed by atoms with Gasteiger partial charge in [-0.05, 0) is 54.4 Å². The van der Waals surface area contributed by atoms with Crippen molar-refractivity contribution in [1.29, 1.82) is 0 Å². The van der Waals surface area contributed by atoms with E-state index in [2.05, 4.69) is 75.8 Å². The summed E-state index contributed by atoms with van der Waals surface area (Å²) in [6.07, 6.45) is 5.59. The third-order valence-electron chi connectivity index (χ3n) is 7.24. The summed E-state index contributed by atoms with van der Waals surface area (Å²) >= 11 is 5.81. The molecule has 5 rings (SSSR count). The molecular weight excluding hydrogens is 374 g/mol. The van der Waals surface area contributed by atoms with Crippen LogP contribution in [0, 0.1) is 11.8 Å². The highest BCUT2D eigenvalue weighted by molar-refractivity contribution is 7.80. The van der Waals surface area contributed by atoms with Gasteiger partial charge < -0.3 is 10.2 Å². The van der Waals surface area contributed by atoms with Gasteiger partial charge in [0.05, 0.1) is 6.04 Å². The lowest BCUT2D eigenvalue weighted by atomic mass is 9.95. The summed E-state index contributed by atoms with van der Waals surface area (Å²) in [6, 6.07) is 22.8. The van der Waals surface area contributed by atoms with Crippen LogP contribution in [-0.2, 0) is 0 Å². The molecule has 29 heavy (non-hydrogen) atoms. The first-order valence-electron chi connectivity index (χ1n) is 11.2. The number of piperazine rings is 1. The topological polar surface area (TPSA) is 18.5 Å². The molecule has 0 radical (unpaired) electrons. The summed E-state index contributed by atoms with van der Waals surface area (Å²) in [5.41, 5.74) is 2.74. The first-order valence-corrected chi connectivity index (χ1v) is 11.6. The van der Waals surface area contributed by atoms with Gasteiger partial charge in [-0.3, -0.25) is 4.90 Å². The van der Waals surface area contributed by atoms with Gasteiger partial charge in [-0.2, -0.15) is 0 Å². The molecule has 0 unspecified atom stereocenters. The van der Waals surface area contributed by atoms with E-state index in [1.54, 1.807) is 0 Å². The highest BCUT2D eigenvalue weighted by Gasteiger charge is 2.40. The summed E-state index contributed by atoms with van der Waals surface area (Å²) in [7, 11) is 0. The van der Waals surface area contributed by atoms with Gasteiger partial charge in [-0.25, -0.2) is 0 Å². The molecule has 1 heterocycles. The molecule has 2 bridgehead atoms. The lowest BCUT2D eigenvalue weighted by molar-refractivity contribution is 0.148. The fourth-order valence-corrected chi connectivity index (χ4v) is 6.07. The molecule has 0 amide bonds. The van der Waals surface area contributed by atoms with E-state index < -0.39 is 0 Å². The lowest BCUT2D eigenvalue weighted by Crippen LogP contribution is -2.54. The first-order chi connectivity index (χ1) is 14.3. The fraction of sp³-hybridized carbons (Fsp3) is 0.480.